The number of hydrogen-bond acceptors (Lipinski definition) is 4. The van der Waals surface area contributed by atoms with Crippen LogP contribution in [0.3, 0.4) is 0 Å². The fourth-order valence-corrected chi connectivity index (χ4v) is 4.94. The molecule has 168 valence electrons. The molecule has 0 spiro atoms. The van der Waals surface area contributed by atoms with Crippen molar-refractivity contribution in [3.63, 3.8) is 0 Å². The molecule has 1 aliphatic heterocycles. The molecular weight excluding hydrogens is 414 g/mol. The third-order valence-electron chi connectivity index (χ3n) is 6.98. The molecule has 1 saturated heterocycles. The number of pyridine rings is 1. The SMILES string of the molecule is O=C(NCC1(CO)CCC1)c1cnn2ccc(N3CCC[C@@H]3c3cc(F)cc(F)c3)cc12. The Morgan fingerprint density at radius 1 is 1.19 bits per heavy atom. The summed E-state index contributed by atoms with van der Waals surface area (Å²) in [6.45, 7) is 1.27. The maximum atomic E-state index is 13.8. The number of carbonyl (C=O) groups excluding carboxylic acids is 1. The van der Waals surface area contributed by atoms with E-state index in [1.54, 1.807) is 16.9 Å². The van der Waals surface area contributed by atoms with Gasteiger partial charge in [-0.15, -0.1) is 0 Å². The van der Waals surface area contributed by atoms with Gasteiger partial charge in [0, 0.05) is 36.5 Å². The van der Waals surface area contributed by atoms with Gasteiger partial charge in [-0.3, -0.25) is 4.79 Å². The van der Waals surface area contributed by atoms with Crippen molar-refractivity contribution in [1.29, 1.82) is 0 Å². The highest BCUT2D eigenvalue weighted by atomic mass is 19.1. The maximum absolute atomic E-state index is 13.8. The summed E-state index contributed by atoms with van der Waals surface area (Å²) >= 11 is 0. The number of anilines is 1. The van der Waals surface area contributed by atoms with Crippen LogP contribution in [0.4, 0.5) is 14.5 Å². The normalized spacial score (nSPS) is 19.8. The van der Waals surface area contributed by atoms with Crippen LogP contribution >= 0.6 is 0 Å². The average Bonchev–Trinajstić information content (AvgIpc) is 3.39. The number of nitrogens with one attached hydrogen (secondary N) is 1. The van der Waals surface area contributed by atoms with E-state index in [4.69, 9.17) is 0 Å². The third-order valence-corrected chi connectivity index (χ3v) is 6.98. The van der Waals surface area contributed by atoms with Crippen molar-refractivity contribution in [2.45, 2.75) is 38.1 Å². The molecular formula is C24H26F2N4O2. The third kappa shape index (κ3) is 3.72. The Kier molecular flexibility index (Phi) is 5.33. The Labute approximate surface area is 184 Å². The van der Waals surface area contributed by atoms with Crippen LogP contribution in [-0.4, -0.2) is 40.3 Å². The van der Waals surface area contributed by atoms with Gasteiger partial charge in [-0.25, -0.2) is 13.3 Å². The van der Waals surface area contributed by atoms with E-state index in [0.717, 1.165) is 50.4 Å². The summed E-state index contributed by atoms with van der Waals surface area (Å²) in [5.41, 5.74) is 2.42. The second-order valence-corrected chi connectivity index (χ2v) is 9.02. The van der Waals surface area contributed by atoms with E-state index in [9.17, 15) is 18.7 Å². The van der Waals surface area contributed by atoms with Gasteiger partial charge < -0.3 is 15.3 Å². The molecule has 0 radical (unpaired) electrons. The lowest BCUT2D eigenvalue weighted by Crippen LogP contribution is -2.44. The molecule has 3 heterocycles. The van der Waals surface area contributed by atoms with Crippen LogP contribution in [0.25, 0.3) is 5.52 Å². The van der Waals surface area contributed by atoms with Gasteiger partial charge in [0.05, 0.1) is 29.9 Å². The molecule has 1 saturated carbocycles. The highest BCUT2D eigenvalue weighted by Crippen LogP contribution is 2.40. The van der Waals surface area contributed by atoms with Crippen LogP contribution < -0.4 is 10.2 Å². The molecule has 1 amide bonds. The number of halogens is 2. The highest BCUT2D eigenvalue weighted by Gasteiger charge is 2.36. The zero-order valence-electron chi connectivity index (χ0n) is 17.7. The minimum atomic E-state index is -0.579. The van der Waals surface area contributed by atoms with Gasteiger partial charge >= 0.3 is 0 Å². The Hall–Kier alpha value is -3.00. The summed E-state index contributed by atoms with van der Waals surface area (Å²) in [7, 11) is 0. The first-order valence-electron chi connectivity index (χ1n) is 11.1. The lowest BCUT2D eigenvalue weighted by molar-refractivity contribution is 0.0429. The first-order chi connectivity index (χ1) is 15.5. The van der Waals surface area contributed by atoms with Gasteiger partial charge in [0.1, 0.15) is 11.6 Å². The smallest absolute Gasteiger partial charge is 0.255 e. The fourth-order valence-electron chi connectivity index (χ4n) is 4.94. The monoisotopic (exact) mass is 440 g/mol. The molecule has 1 atom stereocenters. The fraction of sp³-hybridized carbons (Fsp3) is 0.417. The zero-order valence-corrected chi connectivity index (χ0v) is 17.7. The number of benzene rings is 1. The number of aliphatic hydroxyl groups is 1. The molecule has 1 aromatic carbocycles. The van der Waals surface area contributed by atoms with Crippen LogP contribution in [0.5, 0.6) is 0 Å². The van der Waals surface area contributed by atoms with E-state index in [1.165, 1.54) is 12.1 Å². The molecule has 0 unspecified atom stereocenters. The quantitative estimate of drug-likeness (QED) is 0.611. The first kappa shape index (κ1) is 20.9. The van der Waals surface area contributed by atoms with Crippen LogP contribution in [-0.2, 0) is 0 Å². The summed E-state index contributed by atoms with van der Waals surface area (Å²) in [4.78, 5) is 15.0. The maximum Gasteiger partial charge on any atom is 0.255 e. The summed E-state index contributed by atoms with van der Waals surface area (Å²) < 4.78 is 29.3. The topological polar surface area (TPSA) is 69.9 Å². The molecule has 1 aliphatic carbocycles. The summed E-state index contributed by atoms with van der Waals surface area (Å²) in [5, 5.41) is 16.9. The number of fused-ring (bicyclic) bond motifs is 1. The zero-order chi connectivity index (χ0) is 22.3. The number of rotatable bonds is 6. The van der Waals surface area contributed by atoms with E-state index in [0.29, 0.717) is 23.2 Å². The van der Waals surface area contributed by atoms with Crippen molar-refractivity contribution in [3.05, 3.63) is 65.5 Å². The second kappa shape index (κ2) is 8.16. The predicted molar refractivity (Wildman–Crippen MR) is 117 cm³/mol. The van der Waals surface area contributed by atoms with Gasteiger partial charge in [-0.05, 0) is 55.5 Å². The van der Waals surface area contributed by atoms with Crippen molar-refractivity contribution < 1.29 is 18.7 Å². The largest absolute Gasteiger partial charge is 0.396 e. The molecule has 0 bridgehead atoms. The Morgan fingerprint density at radius 3 is 2.66 bits per heavy atom. The predicted octanol–water partition coefficient (Wildman–Crippen LogP) is 3.85. The van der Waals surface area contributed by atoms with Crippen molar-refractivity contribution in [3.8, 4) is 0 Å². The molecule has 2 N–H and O–H groups in total. The van der Waals surface area contributed by atoms with E-state index in [2.05, 4.69) is 15.3 Å². The number of amides is 1. The Morgan fingerprint density at radius 2 is 1.97 bits per heavy atom. The molecule has 8 heteroatoms. The minimum Gasteiger partial charge on any atom is -0.396 e. The first-order valence-corrected chi connectivity index (χ1v) is 11.1. The van der Waals surface area contributed by atoms with Gasteiger partial charge in [0.2, 0.25) is 0 Å². The van der Waals surface area contributed by atoms with Gasteiger partial charge in [0.15, 0.2) is 0 Å². The molecule has 2 fully saturated rings. The lowest BCUT2D eigenvalue weighted by Gasteiger charge is -2.40. The standard InChI is InChI=1S/C24H26F2N4O2/c25-17-9-16(10-18(26)11-17)21-3-1-7-29(21)19-4-8-30-22(12-19)20(13-28-30)23(32)27-14-24(15-31)5-2-6-24/h4,8-13,21,31H,1-3,5-7,14-15H2,(H,27,32)/t21-/m1/s1. The van der Waals surface area contributed by atoms with E-state index >= 15 is 0 Å². The van der Waals surface area contributed by atoms with Crippen LogP contribution in [0.1, 0.15) is 54.1 Å². The molecule has 2 aromatic heterocycles. The average molecular weight is 440 g/mol. The summed E-state index contributed by atoms with van der Waals surface area (Å²) in [5.74, 6) is -1.38. The van der Waals surface area contributed by atoms with Gasteiger partial charge in [0.25, 0.3) is 5.91 Å². The second-order valence-electron chi connectivity index (χ2n) is 9.02. The summed E-state index contributed by atoms with van der Waals surface area (Å²) in [6.07, 6.45) is 7.95. The number of nitrogens with zero attached hydrogens (tertiary/aromatic N) is 3. The van der Waals surface area contributed by atoms with E-state index in [-0.39, 0.29) is 24.0 Å². The van der Waals surface area contributed by atoms with Crippen LogP contribution in [0.15, 0.2) is 42.7 Å². The number of hydrogen-bond donors (Lipinski definition) is 2. The van der Waals surface area contributed by atoms with Crippen molar-refractivity contribution in [1.82, 2.24) is 14.9 Å². The van der Waals surface area contributed by atoms with Crippen molar-refractivity contribution in [2.24, 2.45) is 5.41 Å². The molecule has 2 aliphatic rings. The number of carbonyl (C=O) groups is 1. The van der Waals surface area contributed by atoms with Crippen molar-refractivity contribution >= 4 is 17.1 Å². The molecule has 6 nitrogen and oxygen atoms in total. The van der Waals surface area contributed by atoms with Gasteiger partial charge in [-0.1, -0.05) is 6.42 Å². The van der Waals surface area contributed by atoms with Crippen LogP contribution in [0.2, 0.25) is 0 Å². The van der Waals surface area contributed by atoms with Gasteiger partial charge in [-0.2, -0.15) is 5.10 Å². The lowest BCUT2D eigenvalue weighted by atomic mass is 9.69. The molecule has 5 rings (SSSR count). The molecule has 32 heavy (non-hydrogen) atoms. The minimum absolute atomic E-state index is 0.0726. The van der Waals surface area contributed by atoms with Crippen LogP contribution in [0, 0.1) is 17.0 Å². The van der Waals surface area contributed by atoms with Crippen molar-refractivity contribution in [2.75, 3.05) is 24.6 Å². The Balaban J connectivity index is 1.41. The Bertz CT molecular complexity index is 1130. The highest BCUT2D eigenvalue weighted by molar-refractivity contribution is 6.01. The number of aromatic nitrogens is 2. The number of aliphatic hydroxyl groups excluding tert-OH is 1. The summed E-state index contributed by atoms with van der Waals surface area (Å²) in [6, 6.07) is 7.34. The van der Waals surface area contributed by atoms with E-state index < -0.39 is 11.6 Å². The molecule has 3 aromatic rings. The van der Waals surface area contributed by atoms with E-state index in [1.807, 2.05) is 12.1 Å².